The third-order valence-corrected chi connectivity index (χ3v) is 17.2. The highest BCUT2D eigenvalue weighted by atomic mass is 32.1. The number of rotatable bonds is 5. The van der Waals surface area contributed by atoms with Gasteiger partial charge in [0.25, 0.3) is 0 Å². The molecular formula is C63H48S. The Labute approximate surface area is 380 Å². The fourth-order valence-electron chi connectivity index (χ4n) is 13.3. The monoisotopic (exact) mass is 836 g/mol. The van der Waals surface area contributed by atoms with Crippen LogP contribution in [0.25, 0.3) is 55.1 Å². The molecule has 0 N–H and O–H groups in total. The third-order valence-electron chi connectivity index (χ3n) is 16.0. The Morgan fingerprint density at radius 1 is 0.547 bits per heavy atom. The van der Waals surface area contributed by atoms with E-state index in [1.165, 1.54) is 121 Å². The number of benzene rings is 6. The predicted octanol–water partition coefficient (Wildman–Crippen LogP) is 16.6. The minimum Gasteiger partial charge on any atom is -0.140 e. The van der Waals surface area contributed by atoms with Crippen molar-refractivity contribution in [2.75, 3.05) is 0 Å². The van der Waals surface area contributed by atoms with Crippen LogP contribution in [0.2, 0.25) is 0 Å². The van der Waals surface area contributed by atoms with Gasteiger partial charge in [-0.15, -0.1) is 11.3 Å². The molecule has 1 heteroatoms. The second kappa shape index (κ2) is 13.7. The topological polar surface area (TPSA) is 0 Å². The van der Waals surface area contributed by atoms with Crippen LogP contribution < -0.4 is 0 Å². The van der Waals surface area contributed by atoms with E-state index in [0.29, 0.717) is 0 Å². The summed E-state index contributed by atoms with van der Waals surface area (Å²) >= 11 is 2.01. The molecule has 0 nitrogen and oxygen atoms in total. The van der Waals surface area contributed by atoms with Crippen LogP contribution in [0.4, 0.5) is 0 Å². The quantitative estimate of drug-likeness (QED) is 0.162. The summed E-state index contributed by atoms with van der Waals surface area (Å²) in [7, 11) is 0. The van der Waals surface area contributed by atoms with E-state index >= 15 is 0 Å². The highest BCUT2D eigenvalue weighted by Gasteiger charge is 2.53. The molecule has 6 aromatic carbocycles. The van der Waals surface area contributed by atoms with Crippen molar-refractivity contribution in [1.29, 1.82) is 0 Å². The second-order valence-corrected chi connectivity index (χ2v) is 20.1. The zero-order valence-corrected chi connectivity index (χ0v) is 37.1. The summed E-state index contributed by atoms with van der Waals surface area (Å²) in [5.41, 5.74) is 28.1. The lowest BCUT2D eigenvalue weighted by atomic mass is 9.66. The average molecular weight is 837 g/mol. The molecule has 64 heavy (non-hydrogen) atoms. The second-order valence-electron chi connectivity index (χ2n) is 19.0. The van der Waals surface area contributed by atoms with Crippen LogP contribution in [0.15, 0.2) is 192 Å². The van der Waals surface area contributed by atoms with E-state index in [1.54, 1.807) is 5.57 Å². The number of hydrogen-bond donors (Lipinski definition) is 0. The molecule has 0 bridgehead atoms. The van der Waals surface area contributed by atoms with Gasteiger partial charge in [-0.05, 0) is 181 Å². The molecule has 1 aromatic heterocycles. The molecule has 1 atom stereocenters. The highest BCUT2D eigenvalue weighted by molar-refractivity contribution is 7.19. The molecule has 0 saturated carbocycles. The molecule has 2 spiro atoms. The molecular weight excluding hydrogens is 789 g/mol. The molecule has 0 radical (unpaired) electrons. The SMILES string of the molecule is CCC/C=C\C1=CC2=C(C=C(c3ccc4sc5c(c4c3)C=C(c3ccc4c(c3)C3(c6ccccc6-c6ccccc63)c3ccccc3-4)CC5)CC2)C12C1=C(CCC=C1)c1ccccc12. The predicted molar refractivity (Wildman–Crippen MR) is 271 cm³/mol. The van der Waals surface area contributed by atoms with E-state index in [0.717, 1.165) is 51.4 Å². The first kappa shape index (κ1) is 36.9. The summed E-state index contributed by atoms with van der Waals surface area (Å²) in [6.45, 7) is 2.28. The van der Waals surface area contributed by atoms with Crippen LogP contribution in [0.3, 0.4) is 0 Å². The van der Waals surface area contributed by atoms with Gasteiger partial charge in [-0.2, -0.15) is 0 Å². The first-order valence-electron chi connectivity index (χ1n) is 23.7. The maximum atomic E-state index is 2.63. The van der Waals surface area contributed by atoms with E-state index in [1.807, 2.05) is 11.3 Å². The lowest BCUT2D eigenvalue weighted by Gasteiger charge is -2.35. The van der Waals surface area contributed by atoms with E-state index in [4.69, 9.17) is 0 Å². The number of hydrogen-bond acceptors (Lipinski definition) is 1. The fraction of sp³-hybridized carbons (Fsp3) is 0.175. The molecule has 14 rings (SSSR count). The smallest absolute Gasteiger partial charge is 0.0725 e. The van der Waals surface area contributed by atoms with Crippen molar-refractivity contribution < 1.29 is 0 Å². The van der Waals surface area contributed by atoms with E-state index in [-0.39, 0.29) is 10.8 Å². The lowest BCUT2D eigenvalue weighted by molar-refractivity contribution is 0.757. The average Bonchev–Trinajstić information content (AvgIpc) is 4.13. The first-order valence-corrected chi connectivity index (χ1v) is 24.5. The number of unbranched alkanes of at least 4 members (excludes halogenated alkanes) is 1. The van der Waals surface area contributed by atoms with Crippen LogP contribution in [0.5, 0.6) is 0 Å². The summed E-state index contributed by atoms with van der Waals surface area (Å²) in [4.78, 5) is 1.52. The van der Waals surface area contributed by atoms with Crippen molar-refractivity contribution in [2.45, 2.75) is 69.1 Å². The molecule has 7 aromatic rings. The van der Waals surface area contributed by atoms with Crippen LogP contribution in [0.1, 0.15) is 107 Å². The Hall–Kier alpha value is -6.54. The molecule has 1 heterocycles. The van der Waals surface area contributed by atoms with Crippen LogP contribution in [-0.2, 0) is 17.3 Å². The van der Waals surface area contributed by atoms with Gasteiger partial charge in [-0.1, -0.05) is 165 Å². The van der Waals surface area contributed by atoms with Gasteiger partial charge < -0.3 is 0 Å². The van der Waals surface area contributed by atoms with Gasteiger partial charge in [0.05, 0.1) is 10.8 Å². The van der Waals surface area contributed by atoms with Gasteiger partial charge in [0.15, 0.2) is 0 Å². The Morgan fingerprint density at radius 2 is 1.17 bits per heavy atom. The minimum absolute atomic E-state index is 0.240. The van der Waals surface area contributed by atoms with E-state index in [9.17, 15) is 0 Å². The van der Waals surface area contributed by atoms with Gasteiger partial charge in [0.2, 0.25) is 0 Å². The standard InChI is InChI=1S/C63H48S/c1-2-3-4-15-44-34-43-27-26-41(37-58(43)62(44)53-21-10-5-16-45(53)46-17-6-11-22-54(46)62)39-29-32-60-51(35-39)52-36-40(30-33-61(52)64-60)42-28-31-50-49-20-9-14-25-57(49)63(59(50)38-42)55-23-12-7-18-47(55)48-19-8-13-24-56(48)63/h4-5,7-16,18-25,28-29,31-32,34-38H,2-3,6,17,26-27,30,33H2,1H3/b15-4-. The summed E-state index contributed by atoms with van der Waals surface area (Å²) in [6, 6.07) is 51.6. The zero-order valence-electron chi connectivity index (χ0n) is 36.3. The summed E-state index contributed by atoms with van der Waals surface area (Å²) < 4.78 is 1.40. The number of thiophene rings is 1. The Balaban J connectivity index is 0.882. The third kappa shape index (κ3) is 4.78. The lowest BCUT2D eigenvalue weighted by Crippen LogP contribution is -2.29. The molecule has 306 valence electrons. The van der Waals surface area contributed by atoms with Gasteiger partial charge >= 0.3 is 0 Å². The van der Waals surface area contributed by atoms with Crippen molar-refractivity contribution in [3.05, 3.63) is 247 Å². The van der Waals surface area contributed by atoms with Crippen molar-refractivity contribution in [3.8, 4) is 22.3 Å². The number of aryl methyl sites for hydroxylation is 1. The van der Waals surface area contributed by atoms with Crippen LogP contribution in [-0.4, -0.2) is 0 Å². The van der Waals surface area contributed by atoms with E-state index in [2.05, 4.69) is 183 Å². The first-order chi connectivity index (χ1) is 31.7. The fourth-order valence-corrected chi connectivity index (χ4v) is 14.5. The van der Waals surface area contributed by atoms with Gasteiger partial charge in [-0.3, -0.25) is 0 Å². The largest absolute Gasteiger partial charge is 0.140 e. The van der Waals surface area contributed by atoms with Crippen molar-refractivity contribution in [1.82, 2.24) is 0 Å². The molecule has 0 saturated heterocycles. The van der Waals surface area contributed by atoms with E-state index < -0.39 is 0 Å². The maximum Gasteiger partial charge on any atom is 0.0725 e. The van der Waals surface area contributed by atoms with Crippen molar-refractivity contribution >= 4 is 44.2 Å². The maximum absolute atomic E-state index is 2.63. The number of fused-ring (bicyclic) bond motifs is 18. The van der Waals surface area contributed by atoms with Crippen LogP contribution >= 0.6 is 11.3 Å². The summed E-state index contributed by atoms with van der Waals surface area (Å²) in [6.07, 6.45) is 26.3. The van der Waals surface area contributed by atoms with Gasteiger partial charge in [0, 0.05) is 15.0 Å². The van der Waals surface area contributed by atoms with Crippen LogP contribution in [0, 0.1) is 0 Å². The molecule has 0 amide bonds. The molecule has 7 aliphatic rings. The minimum atomic E-state index is -0.325. The summed E-state index contributed by atoms with van der Waals surface area (Å²) in [5, 5.41) is 1.41. The Kier molecular flexibility index (Phi) is 7.92. The zero-order chi connectivity index (χ0) is 42.1. The Bertz CT molecular complexity index is 3390. The molecule has 0 fully saturated rings. The normalized spacial score (nSPS) is 20.2. The number of allylic oxidation sites excluding steroid dienone is 13. The highest BCUT2D eigenvalue weighted by Crippen LogP contribution is 2.64. The van der Waals surface area contributed by atoms with Crippen molar-refractivity contribution in [2.24, 2.45) is 0 Å². The molecule has 7 aliphatic carbocycles. The van der Waals surface area contributed by atoms with Gasteiger partial charge in [-0.25, -0.2) is 0 Å². The van der Waals surface area contributed by atoms with Crippen molar-refractivity contribution in [3.63, 3.8) is 0 Å². The Morgan fingerprint density at radius 3 is 1.91 bits per heavy atom. The molecule has 0 aliphatic heterocycles. The van der Waals surface area contributed by atoms with Gasteiger partial charge in [0.1, 0.15) is 0 Å². The summed E-state index contributed by atoms with van der Waals surface area (Å²) in [5.74, 6) is 0. The molecule has 1 unspecified atom stereocenters.